The van der Waals surface area contributed by atoms with Crippen molar-refractivity contribution in [2.45, 2.75) is 12.5 Å². The molecule has 29 heavy (non-hydrogen) atoms. The molecule has 8 nitrogen and oxygen atoms in total. The van der Waals surface area contributed by atoms with Crippen LogP contribution in [0.15, 0.2) is 30.7 Å². The van der Waals surface area contributed by atoms with Gasteiger partial charge in [0.15, 0.2) is 0 Å². The van der Waals surface area contributed by atoms with Crippen LogP contribution in [0.25, 0.3) is 10.9 Å². The van der Waals surface area contributed by atoms with Gasteiger partial charge in [0.25, 0.3) is 0 Å². The first-order chi connectivity index (χ1) is 14.2. The number of anilines is 1. The van der Waals surface area contributed by atoms with Crippen LogP contribution in [-0.4, -0.2) is 71.1 Å². The van der Waals surface area contributed by atoms with Crippen molar-refractivity contribution in [1.29, 1.82) is 0 Å². The number of hydrogen-bond acceptors (Lipinski definition) is 7. The molecule has 8 heteroatoms. The molecule has 0 saturated carbocycles. The molecule has 0 N–H and O–H groups in total. The number of aromatic nitrogens is 4. The molecule has 1 aromatic carbocycles. The standard InChI is InChI=1S/C21H26N6O2/c1-25-19-5-10-29-20(17(19)12-24-25)13-26-6-8-27(9-7-26)15-3-4-18-16(11-15)21(28-2)23-14-22-18/h3-4,11-12,14,20H,5-10,13H2,1-2H3. The number of fused-ring (bicyclic) bond motifs is 2. The zero-order chi connectivity index (χ0) is 19.8. The van der Waals surface area contributed by atoms with Crippen LogP contribution in [0.1, 0.15) is 17.4 Å². The second kappa shape index (κ2) is 7.61. The van der Waals surface area contributed by atoms with E-state index in [-0.39, 0.29) is 6.10 Å². The number of benzene rings is 1. The first-order valence-corrected chi connectivity index (χ1v) is 10.1. The lowest BCUT2D eigenvalue weighted by molar-refractivity contribution is 0.0139. The summed E-state index contributed by atoms with van der Waals surface area (Å²) in [6.45, 7) is 5.68. The van der Waals surface area contributed by atoms with Gasteiger partial charge in [-0.15, -0.1) is 0 Å². The quantitative estimate of drug-likeness (QED) is 0.668. The van der Waals surface area contributed by atoms with Crippen molar-refractivity contribution < 1.29 is 9.47 Å². The van der Waals surface area contributed by atoms with Gasteiger partial charge in [0, 0.05) is 63.1 Å². The average molecular weight is 394 g/mol. The van der Waals surface area contributed by atoms with Gasteiger partial charge in [-0.2, -0.15) is 5.10 Å². The van der Waals surface area contributed by atoms with Gasteiger partial charge in [0.1, 0.15) is 6.33 Å². The number of aryl methyl sites for hydroxylation is 1. The molecule has 0 bridgehead atoms. The first-order valence-electron chi connectivity index (χ1n) is 10.1. The summed E-state index contributed by atoms with van der Waals surface area (Å²) in [6.07, 6.45) is 4.59. The molecule has 1 unspecified atom stereocenters. The fraction of sp³-hybridized carbons (Fsp3) is 0.476. The lowest BCUT2D eigenvalue weighted by Gasteiger charge is -2.38. The molecule has 1 fully saturated rings. The van der Waals surface area contributed by atoms with Crippen molar-refractivity contribution in [3.63, 3.8) is 0 Å². The van der Waals surface area contributed by atoms with E-state index in [2.05, 4.69) is 37.0 Å². The molecule has 0 spiro atoms. The average Bonchev–Trinajstić information content (AvgIpc) is 3.15. The third-order valence-electron chi connectivity index (χ3n) is 6.04. The molecular formula is C21H26N6O2. The number of ether oxygens (including phenoxy) is 2. The van der Waals surface area contributed by atoms with Gasteiger partial charge in [0.2, 0.25) is 5.88 Å². The Morgan fingerprint density at radius 2 is 2.03 bits per heavy atom. The van der Waals surface area contributed by atoms with Gasteiger partial charge < -0.3 is 14.4 Å². The summed E-state index contributed by atoms with van der Waals surface area (Å²) in [5.41, 5.74) is 4.66. The van der Waals surface area contributed by atoms with Crippen LogP contribution in [0, 0.1) is 0 Å². The number of rotatable bonds is 4. The molecule has 5 rings (SSSR count). The molecule has 1 atom stereocenters. The van der Waals surface area contributed by atoms with Gasteiger partial charge in [-0.25, -0.2) is 9.97 Å². The summed E-state index contributed by atoms with van der Waals surface area (Å²) in [6, 6.07) is 6.31. The van der Waals surface area contributed by atoms with Gasteiger partial charge >= 0.3 is 0 Å². The molecule has 2 aliphatic rings. The Morgan fingerprint density at radius 1 is 1.17 bits per heavy atom. The first kappa shape index (κ1) is 18.3. The van der Waals surface area contributed by atoms with Crippen LogP contribution in [0.5, 0.6) is 5.88 Å². The normalized spacial score (nSPS) is 20.1. The largest absolute Gasteiger partial charge is 0.480 e. The molecule has 152 valence electrons. The molecular weight excluding hydrogens is 368 g/mol. The van der Waals surface area contributed by atoms with E-state index in [1.54, 1.807) is 13.4 Å². The van der Waals surface area contributed by atoms with E-state index in [1.165, 1.54) is 16.9 Å². The molecule has 0 radical (unpaired) electrons. The van der Waals surface area contributed by atoms with E-state index in [0.717, 1.165) is 56.7 Å². The summed E-state index contributed by atoms with van der Waals surface area (Å²) in [7, 11) is 3.66. The predicted molar refractivity (Wildman–Crippen MR) is 110 cm³/mol. The van der Waals surface area contributed by atoms with Crippen LogP contribution in [0.3, 0.4) is 0 Å². The predicted octanol–water partition coefficient (Wildman–Crippen LogP) is 1.81. The van der Waals surface area contributed by atoms with Crippen molar-refractivity contribution in [3.8, 4) is 5.88 Å². The third-order valence-corrected chi connectivity index (χ3v) is 6.04. The Bertz CT molecular complexity index is 1010. The fourth-order valence-corrected chi connectivity index (χ4v) is 4.40. The molecule has 0 amide bonds. The maximum Gasteiger partial charge on any atom is 0.224 e. The minimum absolute atomic E-state index is 0.126. The summed E-state index contributed by atoms with van der Waals surface area (Å²) < 4.78 is 13.5. The van der Waals surface area contributed by atoms with Crippen LogP contribution < -0.4 is 9.64 Å². The smallest absolute Gasteiger partial charge is 0.224 e. The molecule has 2 aliphatic heterocycles. The number of methoxy groups -OCH3 is 1. The summed E-state index contributed by atoms with van der Waals surface area (Å²) in [5, 5.41) is 5.38. The van der Waals surface area contributed by atoms with Crippen molar-refractivity contribution in [2.24, 2.45) is 7.05 Å². The summed E-state index contributed by atoms with van der Waals surface area (Å²) in [4.78, 5) is 13.5. The van der Waals surface area contributed by atoms with E-state index in [4.69, 9.17) is 9.47 Å². The lowest BCUT2D eigenvalue weighted by atomic mass is 10.0. The molecule has 1 saturated heterocycles. The van der Waals surface area contributed by atoms with Gasteiger partial charge in [0.05, 0.1) is 36.9 Å². The van der Waals surface area contributed by atoms with E-state index in [1.807, 2.05) is 24.0 Å². The maximum atomic E-state index is 6.07. The van der Waals surface area contributed by atoms with Gasteiger partial charge in [-0.3, -0.25) is 9.58 Å². The monoisotopic (exact) mass is 394 g/mol. The fourth-order valence-electron chi connectivity index (χ4n) is 4.40. The Labute approximate surface area is 170 Å². The second-order valence-electron chi connectivity index (χ2n) is 7.65. The molecule has 0 aliphatic carbocycles. The number of piperazine rings is 1. The Morgan fingerprint density at radius 3 is 2.86 bits per heavy atom. The second-order valence-corrected chi connectivity index (χ2v) is 7.65. The minimum Gasteiger partial charge on any atom is -0.480 e. The highest BCUT2D eigenvalue weighted by Gasteiger charge is 2.27. The number of nitrogens with zero attached hydrogens (tertiary/aromatic N) is 6. The van der Waals surface area contributed by atoms with Gasteiger partial charge in [-0.05, 0) is 18.2 Å². The summed E-state index contributed by atoms with van der Waals surface area (Å²) in [5.74, 6) is 0.622. The van der Waals surface area contributed by atoms with E-state index >= 15 is 0 Å². The highest BCUT2D eigenvalue weighted by atomic mass is 16.5. The van der Waals surface area contributed by atoms with E-state index in [9.17, 15) is 0 Å². The molecule has 4 heterocycles. The third kappa shape index (κ3) is 3.42. The highest BCUT2D eigenvalue weighted by molar-refractivity contribution is 5.86. The van der Waals surface area contributed by atoms with Crippen LogP contribution in [0.4, 0.5) is 5.69 Å². The Hall–Kier alpha value is -2.71. The maximum absolute atomic E-state index is 6.07. The SMILES string of the molecule is COc1ncnc2ccc(N3CCN(CC4OCCc5c4cnn5C)CC3)cc12. The molecule has 2 aromatic heterocycles. The van der Waals surface area contributed by atoms with Gasteiger partial charge in [-0.1, -0.05) is 0 Å². The van der Waals surface area contributed by atoms with Crippen molar-refractivity contribution in [2.75, 3.05) is 51.3 Å². The Balaban J connectivity index is 1.26. The summed E-state index contributed by atoms with van der Waals surface area (Å²) >= 11 is 0. The zero-order valence-electron chi connectivity index (χ0n) is 16.9. The van der Waals surface area contributed by atoms with Crippen LogP contribution in [0.2, 0.25) is 0 Å². The van der Waals surface area contributed by atoms with Crippen LogP contribution in [-0.2, 0) is 18.2 Å². The lowest BCUT2D eigenvalue weighted by Crippen LogP contribution is -2.48. The molecule has 3 aromatic rings. The van der Waals surface area contributed by atoms with E-state index in [0.29, 0.717) is 5.88 Å². The van der Waals surface area contributed by atoms with Crippen molar-refractivity contribution in [3.05, 3.63) is 42.0 Å². The van der Waals surface area contributed by atoms with E-state index < -0.39 is 0 Å². The zero-order valence-corrected chi connectivity index (χ0v) is 16.9. The number of hydrogen-bond donors (Lipinski definition) is 0. The Kier molecular flexibility index (Phi) is 4.81. The van der Waals surface area contributed by atoms with Crippen molar-refractivity contribution >= 4 is 16.6 Å². The van der Waals surface area contributed by atoms with Crippen LogP contribution >= 0.6 is 0 Å². The van der Waals surface area contributed by atoms with Crippen molar-refractivity contribution in [1.82, 2.24) is 24.6 Å². The topological polar surface area (TPSA) is 68.5 Å². The highest BCUT2D eigenvalue weighted by Crippen LogP contribution is 2.29. The minimum atomic E-state index is 0.126.